The van der Waals surface area contributed by atoms with Crippen molar-refractivity contribution < 1.29 is 0 Å². The van der Waals surface area contributed by atoms with E-state index in [1.54, 1.807) is 0 Å². The summed E-state index contributed by atoms with van der Waals surface area (Å²) in [5.74, 6) is 2.13. The predicted octanol–water partition coefficient (Wildman–Crippen LogP) is 3.32. The molecule has 2 aromatic heterocycles. The second-order valence-electron chi connectivity index (χ2n) is 5.00. The van der Waals surface area contributed by atoms with Gasteiger partial charge in [-0.2, -0.15) is 0 Å². The molecule has 3 nitrogen and oxygen atoms in total. The van der Waals surface area contributed by atoms with Crippen LogP contribution in [0.4, 0.5) is 5.82 Å². The fraction of sp³-hybridized carbons (Fsp3) is 0.500. The number of imidazole rings is 1. The zero-order valence-electron chi connectivity index (χ0n) is 10.3. The van der Waals surface area contributed by atoms with E-state index < -0.39 is 0 Å². The highest BCUT2D eigenvalue weighted by Gasteiger charge is 2.24. The maximum Gasteiger partial charge on any atom is 0.138 e. The molecule has 0 bridgehead atoms. The SMILES string of the molecule is CCC(CC1CC1)Nc1cccc2nccn12. The molecule has 3 rings (SSSR count). The van der Waals surface area contributed by atoms with Gasteiger partial charge in [0.15, 0.2) is 0 Å². The number of anilines is 1. The lowest BCUT2D eigenvalue weighted by molar-refractivity contribution is 0.584. The summed E-state index contributed by atoms with van der Waals surface area (Å²) in [5.41, 5.74) is 1.01. The molecule has 0 aliphatic heterocycles. The molecule has 1 fully saturated rings. The van der Waals surface area contributed by atoms with Gasteiger partial charge < -0.3 is 5.32 Å². The van der Waals surface area contributed by atoms with Crippen LogP contribution in [-0.2, 0) is 0 Å². The Morgan fingerprint density at radius 2 is 2.35 bits per heavy atom. The third-order valence-electron chi connectivity index (χ3n) is 3.59. The summed E-state index contributed by atoms with van der Waals surface area (Å²) < 4.78 is 2.12. The summed E-state index contributed by atoms with van der Waals surface area (Å²) in [6, 6.07) is 6.82. The fourth-order valence-corrected chi connectivity index (χ4v) is 2.36. The van der Waals surface area contributed by atoms with Crippen LogP contribution in [0.5, 0.6) is 0 Å². The minimum atomic E-state index is 0.593. The summed E-state index contributed by atoms with van der Waals surface area (Å²) in [4.78, 5) is 4.31. The number of hydrogen-bond acceptors (Lipinski definition) is 2. The zero-order chi connectivity index (χ0) is 11.7. The molecule has 3 heteroatoms. The number of fused-ring (bicyclic) bond motifs is 1. The van der Waals surface area contributed by atoms with E-state index >= 15 is 0 Å². The first-order chi connectivity index (χ1) is 8.36. The van der Waals surface area contributed by atoms with Crippen molar-refractivity contribution in [2.45, 2.75) is 38.6 Å². The Balaban J connectivity index is 1.79. The Labute approximate surface area is 102 Å². The first-order valence-electron chi connectivity index (χ1n) is 6.55. The summed E-state index contributed by atoms with van der Waals surface area (Å²) in [7, 11) is 0. The smallest absolute Gasteiger partial charge is 0.138 e. The molecular formula is C14H19N3. The first-order valence-corrected chi connectivity index (χ1v) is 6.55. The molecule has 17 heavy (non-hydrogen) atoms. The van der Waals surface area contributed by atoms with Crippen LogP contribution < -0.4 is 5.32 Å². The average molecular weight is 229 g/mol. The first kappa shape index (κ1) is 10.6. The van der Waals surface area contributed by atoms with Crippen LogP contribution in [-0.4, -0.2) is 15.4 Å². The Bertz CT molecular complexity index is 499. The molecule has 1 aliphatic carbocycles. The van der Waals surface area contributed by atoms with E-state index in [0.717, 1.165) is 17.4 Å². The molecule has 0 amide bonds. The molecule has 1 unspecified atom stereocenters. The summed E-state index contributed by atoms with van der Waals surface area (Å²) in [6.45, 7) is 2.26. The molecule has 1 aliphatic rings. The molecular weight excluding hydrogens is 210 g/mol. The number of aromatic nitrogens is 2. The van der Waals surface area contributed by atoms with Crippen molar-refractivity contribution in [2.75, 3.05) is 5.32 Å². The molecule has 2 heterocycles. The number of nitrogens with zero attached hydrogens (tertiary/aromatic N) is 2. The maximum atomic E-state index is 4.31. The quantitative estimate of drug-likeness (QED) is 0.852. The lowest BCUT2D eigenvalue weighted by Gasteiger charge is -2.18. The van der Waals surface area contributed by atoms with Gasteiger partial charge in [0.2, 0.25) is 0 Å². The molecule has 0 spiro atoms. The molecule has 1 atom stereocenters. The number of pyridine rings is 1. The van der Waals surface area contributed by atoms with E-state index in [-0.39, 0.29) is 0 Å². The van der Waals surface area contributed by atoms with Gasteiger partial charge in [0.1, 0.15) is 11.5 Å². The van der Waals surface area contributed by atoms with Crippen LogP contribution >= 0.6 is 0 Å². The normalized spacial score (nSPS) is 17.2. The van der Waals surface area contributed by atoms with Gasteiger partial charge in [-0.25, -0.2) is 4.98 Å². The van der Waals surface area contributed by atoms with Crippen LogP contribution in [0.3, 0.4) is 0 Å². The van der Waals surface area contributed by atoms with E-state index in [2.05, 4.69) is 33.8 Å². The highest BCUT2D eigenvalue weighted by atomic mass is 15.1. The Morgan fingerprint density at radius 1 is 1.47 bits per heavy atom. The Hall–Kier alpha value is -1.51. The predicted molar refractivity (Wildman–Crippen MR) is 70.2 cm³/mol. The monoisotopic (exact) mass is 229 g/mol. The van der Waals surface area contributed by atoms with Crippen molar-refractivity contribution >= 4 is 11.5 Å². The average Bonchev–Trinajstić information content (AvgIpc) is 3.03. The molecule has 1 saturated carbocycles. The number of rotatable bonds is 5. The maximum absolute atomic E-state index is 4.31. The third kappa shape index (κ3) is 2.28. The van der Waals surface area contributed by atoms with Gasteiger partial charge in [-0.3, -0.25) is 4.40 Å². The summed E-state index contributed by atoms with van der Waals surface area (Å²) >= 11 is 0. The van der Waals surface area contributed by atoms with Crippen molar-refractivity contribution in [1.29, 1.82) is 0 Å². The standard InChI is InChI=1S/C14H19N3/c1-2-12(10-11-6-7-11)16-14-5-3-4-13-15-8-9-17(13)14/h3-5,8-9,11-12,16H,2,6-7,10H2,1H3. The van der Waals surface area contributed by atoms with E-state index in [4.69, 9.17) is 0 Å². The van der Waals surface area contributed by atoms with Crippen molar-refractivity contribution in [3.8, 4) is 0 Å². The van der Waals surface area contributed by atoms with Gasteiger partial charge in [0.05, 0.1) is 0 Å². The van der Waals surface area contributed by atoms with Crippen LogP contribution in [0, 0.1) is 5.92 Å². The lowest BCUT2D eigenvalue weighted by Crippen LogP contribution is -2.20. The van der Waals surface area contributed by atoms with E-state index in [1.165, 1.54) is 25.7 Å². The molecule has 0 radical (unpaired) electrons. The fourth-order valence-electron chi connectivity index (χ4n) is 2.36. The minimum absolute atomic E-state index is 0.593. The van der Waals surface area contributed by atoms with Crippen LogP contribution in [0.25, 0.3) is 5.65 Å². The van der Waals surface area contributed by atoms with Gasteiger partial charge in [-0.1, -0.05) is 25.8 Å². The molecule has 0 saturated heterocycles. The molecule has 0 aromatic carbocycles. The van der Waals surface area contributed by atoms with Gasteiger partial charge >= 0.3 is 0 Å². The molecule has 1 N–H and O–H groups in total. The largest absolute Gasteiger partial charge is 0.368 e. The zero-order valence-corrected chi connectivity index (χ0v) is 10.3. The Kier molecular flexibility index (Phi) is 2.75. The van der Waals surface area contributed by atoms with Crippen molar-refractivity contribution in [1.82, 2.24) is 9.38 Å². The van der Waals surface area contributed by atoms with Crippen molar-refractivity contribution in [3.63, 3.8) is 0 Å². The lowest BCUT2D eigenvalue weighted by atomic mass is 10.1. The van der Waals surface area contributed by atoms with Gasteiger partial charge in [-0.05, 0) is 30.9 Å². The van der Waals surface area contributed by atoms with Crippen molar-refractivity contribution in [2.24, 2.45) is 5.92 Å². The van der Waals surface area contributed by atoms with Crippen molar-refractivity contribution in [3.05, 3.63) is 30.6 Å². The van der Waals surface area contributed by atoms with E-state index in [1.807, 2.05) is 18.5 Å². The second kappa shape index (κ2) is 4.40. The molecule has 90 valence electrons. The van der Waals surface area contributed by atoms with Gasteiger partial charge in [0, 0.05) is 18.4 Å². The van der Waals surface area contributed by atoms with Crippen LogP contribution in [0.1, 0.15) is 32.6 Å². The van der Waals surface area contributed by atoms with E-state index in [9.17, 15) is 0 Å². The summed E-state index contributed by atoms with van der Waals surface area (Å²) in [5, 5.41) is 3.65. The number of hydrogen-bond donors (Lipinski definition) is 1. The van der Waals surface area contributed by atoms with Gasteiger partial charge in [-0.15, -0.1) is 0 Å². The van der Waals surface area contributed by atoms with Crippen LogP contribution in [0.15, 0.2) is 30.6 Å². The highest BCUT2D eigenvalue weighted by molar-refractivity contribution is 5.50. The highest BCUT2D eigenvalue weighted by Crippen LogP contribution is 2.34. The minimum Gasteiger partial charge on any atom is -0.368 e. The topological polar surface area (TPSA) is 29.3 Å². The second-order valence-corrected chi connectivity index (χ2v) is 5.00. The third-order valence-corrected chi connectivity index (χ3v) is 3.59. The number of nitrogens with one attached hydrogen (secondary N) is 1. The molecule has 2 aromatic rings. The summed E-state index contributed by atoms with van der Waals surface area (Å²) in [6.07, 6.45) is 9.20. The van der Waals surface area contributed by atoms with Gasteiger partial charge in [0.25, 0.3) is 0 Å². The van der Waals surface area contributed by atoms with Crippen LogP contribution in [0.2, 0.25) is 0 Å². The van der Waals surface area contributed by atoms with E-state index in [0.29, 0.717) is 6.04 Å². The Morgan fingerprint density at radius 3 is 3.12 bits per heavy atom.